The van der Waals surface area contributed by atoms with Crippen molar-refractivity contribution < 1.29 is 19.0 Å². The normalized spacial score (nSPS) is 25.1. The standard InChI is InChI=1S/C16H27NO4/c1-14(2,3)21-13(18)17-9-8-11(10-17)12-19-15(4,5)16(6,7)20-12/h8,12H,9-10H2,1-7H3. The second-order valence-electron chi connectivity index (χ2n) is 7.73. The highest BCUT2D eigenvalue weighted by molar-refractivity contribution is 5.69. The molecule has 0 atom stereocenters. The van der Waals surface area contributed by atoms with E-state index in [2.05, 4.69) is 0 Å². The van der Waals surface area contributed by atoms with Crippen molar-refractivity contribution in [3.8, 4) is 0 Å². The minimum absolute atomic E-state index is 0.301. The van der Waals surface area contributed by atoms with E-state index in [9.17, 15) is 4.79 Å². The van der Waals surface area contributed by atoms with Crippen molar-refractivity contribution in [2.45, 2.75) is 71.6 Å². The van der Waals surface area contributed by atoms with Crippen LogP contribution >= 0.6 is 0 Å². The third kappa shape index (κ3) is 3.40. The predicted octanol–water partition coefficient (Wildman–Crippen LogP) is 3.09. The van der Waals surface area contributed by atoms with Gasteiger partial charge in [0.05, 0.1) is 17.7 Å². The van der Waals surface area contributed by atoms with Crippen molar-refractivity contribution in [2.75, 3.05) is 13.1 Å². The van der Waals surface area contributed by atoms with Gasteiger partial charge < -0.3 is 19.1 Å². The molecule has 0 aliphatic carbocycles. The molecular weight excluding hydrogens is 270 g/mol. The van der Waals surface area contributed by atoms with Crippen LogP contribution in [0.1, 0.15) is 48.5 Å². The average Bonchev–Trinajstić information content (AvgIpc) is 2.80. The lowest BCUT2D eigenvalue weighted by molar-refractivity contribution is -0.0606. The summed E-state index contributed by atoms with van der Waals surface area (Å²) in [6, 6.07) is 0. The van der Waals surface area contributed by atoms with Crippen LogP contribution in [0, 0.1) is 0 Å². The second-order valence-corrected chi connectivity index (χ2v) is 7.73. The van der Waals surface area contributed by atoms with E-state index in [1.165, 1.54) is 0 Å². The quantitative estimate of drug-likeness (QED) is 0.698. The summed E-state index contributed by atoms with van der Waals surface area (Å²) < 4.78 is 17.4. The molecule has 5 nitrogen and oxygen atoms in total. The van der Waals surface area contributed by atoms with Gasteiger partial charge in [0.15, 0.2) is 6.29 Å². The summed E-state index contributed by atoms with van der Waals surface area (Å²) in [5.41, 5.74) is -0.223. The van der Waals surface area contributed by atoms with Gasteiger partial charge in [-0.3, -0.25) is 0 Å². The first-order chi connectivity index (χ1) is 9.41. The first-order valence-electron chi connectivity index (χ1n) is 7.44. The highest BCUT2D eigenvalue weighted by atomic mass is 16.7. The summed E-state index contributed by atoms with van der Waals surface area (Å²) in [7, 11) is 0. The Morgan fingerprint density at radius 1 is 1.24 bits per heavy atom. The molecule has 5 heteroatoms. The average molecular weight is 297 g/mol. The maximum atomic E-state index is 12.1. The Hall–Kier alpha value is -1.07. The molecule has 0 spiro atoms. The van der Waals surface area contributed by atoms with Crippen molar-refractivity contribution in [3.63, 3.8) is 0 Å². The molecule has 0 bridgehead atoms. The number of rotatable bonds is 1. The number of carbonyl (C=O) groups excluding carboxylic acids is 1. The van der Waals surface area contributed by atoms with E-state index >= 15 is 0 Å². The molecule has 2 aliphatic heterocycles. The molecule has 2 aliphatic rings. The Morgan fingerprint density at radius 2 is 1.76 bits per heavy atom. The molecule has 0 aromatic heterocycles. The van der Waals surface area contributed by atoms with Crippen molar-refractivity contribution >= 4 is 6.09 Å². The monoisotopic (exact) mass is 297 g/mol. The van der Waals surface area contributed by atoms with E-state index in [4.69, 9.17) is 14.2 Å². The van der Waals surface area contributed by atoms with Crippen LogP contribution in [-0.4, -0.2) is 47.2 Å². The molecule has 0 radical (unpaired) electrons. The first kappa shape index (κ1) is 16.3. The Balaban J connectivity index is 1.96. The lowest BCUT2D eigenvalue weighted by Crippen LogP contribution is -2.41. The molecular formula is C16H27NO4. The van der Waals surface area contributed by atoms with E-state index < -0.39 is 5.60 Å². The number of carbonyl (C=O) groups is 1. The minimum Gasteiger partial charge on any atom is -0.444 e. The molecule has 0 aromatic rings. The minimum atomic E-state index is -0.482. The van der Waals surface area contributed by atoms with Crippen LogP contribution < -0.4 is 0 Å². The van der Waals surface area contributed by atoms with Crippen molar-refractivity contribution in [1.82, 2.24) is 4.90 Å². The smallest absolute Gasteiger partial charge is 0.410 e. The van der Waals surface area contributed by atoms with Crippen molar-refractivity contribution in [2.24, 2.45) is 0 Å². The second kappa shape index (κ2) is 4.99. The first-order valence-corrected chi connectivity index (χ1v) is 7.44. The van der Waals surface area contributed by atoms with Crippen LogP contribution in [0.25, 0.3) is 0 Å². The van der Waals surface area contributed by atoms with Gasteiger partial charge in [-0.1, -0.05) is 6.08 Å². The highest BCUT2D eigenvalue weighted by Gasteiger charge is 2.50. The van der Waals surface area contributed by atoms with Crippen LogP contribution in [0.5, 0.6) is 0 Å². The molecule has 1 saturated heterocycles. The third-order valence-electron chi connectivity index (χ3n) is 4.15. The third-order valence-corrected chi connectivity index (χ3v) is 4.15. The lowest BCUT2D eigenvalue weighted by Gasteiger charge is -2.30. The fourth-order valence-corrected chi connectivity index (χ4v) is 2.21. The fourth-order valence-electron chi connectivity index (χ4n) is 2.21. The zero-order chi connectivity index (χ0) is 16.1. The van der Waals surface area contributed by atoms with E-state index in [-0.39, 0.29) is 23.6 Å². The largest absolute Gasteiger partial charge is 0.444 e. The van der Waals surface area contributed by atoms with E-state index in [0.29, 0.717) is 13.1 Å². The molecule has 2 rings (SSSR count). The zero-order valence-electron chi connectivity index (χ0n) is 14.1. The number of ether oxygens (including phenoxy) is 3. The number of hydrogen-bond acceptors (Lipinski definition) is 4. The molecule has 0 N–H and O–H groups in total. The molecule has 0 unspecified atom stereocenters. The number of amides is 1. The van der Waals surface area contributed by atoms with Crippen LogP contribution in [0.2, 0.25) is 0 Å². The van der Waals surface area contributed by atoms with Crippen molar-refractivity contribution in [1.29, 1.82) is 0 Å². The van der Waals surface area contributed by atoms with Crippen LogP contribution in [0.3, 0.4) is 0 Å². The van der Waals surface area contributed by atoms with Gasteiger partial charge in [0.2, 0.25) is 0 Å². The van der Waals surface area contributed by atoms with Gasteiger partial charge in [-0.15, -0.1) is 0 Å². The number of hydrogen-bond donors (Lipinski definition) is 0. The maximum absolute atomic E-state index is 12.1. The predicted molar refractivity (Wildman–Crippen MR) is 80.0 cm³/mol. The Kier molecular flexibility index (Phi) is 3.87. The summed E-state index contributed by atoms with van der Waals surface area (Å²) in [5.74, 6) is 0. The molecule has 120 valence electrons. The topological polar surface area (TPSA) is 48.0 Å². The summed E-state index contributed by atoms with van der Waals surface area (Å²) in [6.07, 6.45) is 1.30. The van der Waals surface area contributed by atoms with Gasteiger partial charge in [0.25, 0.3) is 0 Å². The molecule has 21 heavy (non-hydrogen) atoms. The SMILES string of the molecule is CC(C)(C)OC(=O)N1CC=C(C2OC(C)(C)C(C)(C)O2)C1. The summed E-state index contributed by atoms with van der Waals surface area (Å²) in [5, 5.41) is 0. The van der Waals surface area contributed by atoms with Gasteiger partial charge in [-0.2, -0.15) is 0 Å². The molecule has 1 amide bonds. The number of nitrogens with zero attached hydrogens (tertiary/aromatic N) is 1. The maximum Gasteiger partial charge on any atom is 0.410 e. The van der Waals surface area contributed by atoms with Gasteiger partial charge in [-0.05, 0) is 48.5 Å². The molecule has 1 fully saturated rings. The van der Waals surface area contributed by atoms with Crippen molar-refractivity contribution in [3.05, 3.63) is 11.6 Å². The van der Waals surface area contributed by atoms with Gasteiger partial charge in [-0.25, -0.2) is 4.79 Å². The van der Waals surface area contributed by atoms with Crippen LogP contribution in [0.4, 0.5) is 4.79 Å². The molecule has 0 aromatic carbocycles. The van der Waals surface area contributed by atoms with E-state index in [1.807, 2.05) is 54.5 Å². The highest BCUT2D eigenvalue weighted by Crippen LogP contribution is 2.41. The summed E-state index contributed by atoms with van der Waals surface area (Å²) >= 11 is 0. The lowest BCUT2D eigenvalue weighted by atomic mass is 9.90. The van der Waals surface area contributed by atoms with Gasteiger partial charge in [0.1, 0.15) is 5.60 Å². The fraction of sp³-hybridized carbons (Fsp3) is 0.812. The van der Waals surface area contributed by atoms with Gasteiger partial charge in [0, 0.05) is 12.1 Å². The molecule has 2 heterocycles. The van der Waals surface area contributed by atoms with E-state index in [1.54, 1.807) is 4.90 Å². The zero-order valence-corrected chi connectivity index (χ0v) is 14.1. The van der Waals surface area contributed by atoms with Gasteiger partial charge >= 0.3 is 6.09 Å². The van der Waals surface area contributed by atoms with Crippen LogP contribution in [-0.2, 0) is 14.2 Å². The Bertz CT molecular complexity index is 443. The Labute approximate surface area is 127 Å². The van der Waals surface area contributed by atoms with Crippen LogP contribution in [0.15, 0.2) is 11.6 Å². The molecule has 0 saturated carbocycles. The van der Waals surface area contributed by atoms with E-state index in [0.717, 1.165) is 5.57 Å². The Morgan fingerprint density at radius 3 is 2.24 bits per heavy atom. The summed E-state index contributed by atoms with van der Waals surface area (Å²) in [6.45, 7) is 14.7. The summed E-state index contributed by atoms with van der Waals surface area (Å²) in [4.78, 5) is 13.7.